The molecule has 0 aliphatic carbocycles. The Bertz CT molecular complexity index is 952. The SMILES string of the molecule is Cc1ccccc1C(=O)NCCC(=O)Nc1ccccc1Cc1ccccc1. The fourth-order valence-electron chi connectivity index (χ4n) is 3.04. The summed E-state index contributed by atoms with van der Waals surface area (Å²) in [6.07, 6.45) is 0.971. The van der Waals surface area contributed by atoms with Gasteiger partial charge in [0, 0.05) is 24.2 Å². The monoisotopic (exact) mass is 372 g/mol. The summed E-state index contributed by atoms with van der Waals surface area (Å²) in [7, 11) is 0. The molecule has 2 amide bonds. The van der Waals surface area contributed by atoms with Gasteiger partial charge in [-0.2, -0.15) is 0 Å². The van der Waals surface area contributed by atoms with Gasteiger partial charge in [0.2, 0.25) is 5.91 Å². The number of amides is 2. The molecule has 142 valence electrons. The van der Waals surface area contributed by atoms with Gasteiger partial charge in [0.05, 0.1) is 0 Å². The third kappa shape index (κ3) is 5.30. The van der Waals surface area contributed by atoms with E-state index in [9.17, 15) is 9.59 Å². The quantitative estimate of drug-likeness (QED) is 0.648. The van der Waals surface area contributed by atoms with E-state index in [1.54, 1.807) is 6.07 Å². The zero-order valence-corrected chi connectivity index (χ0v) is 15.9. The highest BCUT2D eigenvalue weighted by Crippen LogP contribution is 2.19. The third-order valence-corrected chi connectivity index (χ3v) is 4.56. The minimum atomic E-state index is -0.157. The van der Waals surface area contributed by atoms with Gasteiger partial charge in [-0.3, -0.25) is 9.59 Å². The summed E-state index contributed by atoms with van der Waals surface area (Å²) in [5.74, 6) is -0.277. The summed E-state index contributed by atoms with van der Waals surface area (Å²) in [6.45, 7) is 2.19. The van der Waals surface area contributed by atoms with Gasteiger partial charge in [0.1, 0.15) is 0 Å². The minimum Gasteiger partial charge on any atom is -0.352 e. The maximum Gasteiger partial charge on any atom is 0.251 e. The summed E-state index contributed by atoms with van der Waals surface area (Å²) >= 11 is 0. The highest BCUT2D eigenvalue weighted by atomic mass is 16.2. The van der Waals surface area contributed by atoms with Crippen LogP contribution in [0.25, 0.3) is 0 Å². The van der Waals surface area contributed by atoms with Gasteiger partial charge in [0.25, 0.3) is 5.91 Å². The van der Waals surface area contributed by atoms with Crippen molar-refractivity contribution in [3.8, 4) is 0 Å². The highest BCUT2D eigenvalue weighted by Gasteiger charge is 2.10. The number of rotatable bonds is 7. The molecule has 3 aromatic carbocycles. The zero-order valence-electron chi connectivity index (χ0n) is 15.9. The largest absolute Gasteiger partial charge is 0.352 e. The third-order valence-electron chi connectivity index (χ3n) is 4.56. The van der Waals surface area contributed by atoms with Gasteiger partial charge in [-0.05, 0) is 42.2 Å². The molecule has 0 saturated heterocycles. The molecule has 0 aromatic heterocycles. The minimum absolute atomic E-state index is 0.120. The molecule has 28 heavy (non-hydrogen) atoms. The normalized spacial score (nSPS) is 10.3. The van der Waals surface area contributed by atoms with Crippen molar-refractivity contribution in [3.05, 3.63) is 101 Å². The van der Waals surface area contributed by atoms with Crippen LogP contribution >= 0.6 is 0 Å². The van der Waals surface area contributed by atoms with Gasteiger partial charge < -0.3 is 10.6 Å². The van der Waals surface area contributed by atoms with Crippen molar-refractivity contribution in [2.24, 2.45) is 0 Å². The number of para-hydroxylation sites is 1. The molecule has 0 spiro atoms. The van der Waals surface area contributed by atoms with E-state index in [1.165, 1.54) is 5.56 Å². The van der Waals surface area contributed by atoms with Gasteiger partial charge in [-0.25, -0.2) is 0 Å². The van der Waals surface area contributed by atoms with Crippen molar-refractivity contribution in [2.75, 3.05) is 11.9 Å². The van der Waals surface area contributed by atoms with Gasteiger partial charge in [-0.1, -0.05) is 66.7 Å². The number of aryl methyl sites for hydroxylation is 1. The molecule has 0 aliphatic rings. The van der Waals surface area contributed by atoms with Crippen LogP contribution in [0.4, 0.5) is 5.69 Å². The van der Waals surface area contributed by atoms with Crippen LogP contribution < -0.4 is 10.6 Å². The van der Waals surface area contributed by atoms with Crippen molar-refractivity contribution in [2.45, 2.75) is 19.8 Å². The van der Waals surface area contributed by atoms with Crippen LogP contribution in [0.15, 0.2) is 78.9 Å². The molecule has 2 N–H and O–H groups in total. The first-order valence-electron chi connectivity index (χ1n) is 9.39. The molecule has 0 unspecified atom stereocenters. The molecule has 3 aromatic rings. The lowest BCUT2D eigenvalue weighted by Gasteiger charge is -2.12. The van der Waals surface area contributed by atoms with Crippen LogP contribution in [0.3, 0.4) is 0 Å². The fourth-order valence-corrected chi connectivity index (χ4v) is 3.04. The Morgan fingerprint density at radius 3 is 2.29 bits per heavy atom. The van der Waals surface area contributed by atoms with E-state index in [2.05, 4.69) is 22.8 Å². The first-order valence-corrected chi connectivity index (χ1v) is 9.39. The second kappa shape index (κ2) is 9.51. The standard InChI is InChI=1S/C24H24N2O2/c1-18-9-5-7-13-21(18)24(28)25-16-15-23(27)26-22-14-8-6-12-20(22)17-19-10-3-2-4-11-19/h2-14H,15-17H2,1H3,(H,25,28)(H,26,27). The predicted molar refractivity (Wildman–Crippen MR) is 112 cm³/mol. The summed E-state index contributed by atoms with van der Waals surface area (Å²) in [6, 6.07) is 25.3. The molecule has 0 bridgehead atoms. The summed E-state index contributed by atoms with van der Waals surface area (Å²) < 4.78 is 0. The zero-order chi connectivity index (χ0) is 19.8. The van der Waals surface area contributed by atoms with Crippen LogP contribution in [0.5, 0.6) is 0 Å². The van der Waals surface area contributed by atoms with Gasteiger partial charge >= 0.3 is 0 Å². The van der Waals surface area contributed by atoms with E-state index < -0.39 is 0 Å². The Morgan fingerprint density at radius 1 is 0.821 bits per heavy atom. The van der Waals surface area contributed by atoms with Crippen molar-refractivity contribution in [1.82, 2.24) is 5.32 Å². The Labute approximate surface area is 165 Å². The van der Waals surface area contributed by atoms with Gasteiger partial charge in [-0.15, -0.1) is 0 Å². The second-order valence-electron chi connectivity index (χ2n) is 6.69. The Balaban J connectivity index is 1.54. The molecule has 0 atom stereocenters. The predicted octanol–water partition coefficient (Wildman–Crippen LogP) is 4.34. The number of hydrogen-bond donors (Lipinski definition) is 2. The molecule has 0 aliphatic heterocycles. The lowest BCUT2D eigenvalue weighted by molar-refractivity contribution is -0.116. The number of anilines is 1. The van der Waals surface area contributed by atoms with Crippen molar-refractivity contribution in [3.63, 3.8) is 0 Å². The molecule has 0 saturated carbocycles. The Morgan fingerprint density at radius 2 is 1.50 bits per heavy atom. The first kappa shape index (κ1) is 19.4. The maximum atomic E-state index is 12.3. The summed E-state index contributed by atoms with van der Waals surface area (Å²) in [4.78, 5) is 24.6. The molecule has 4 nitrogen and oxygen atoms in total. The summed E-state index contributed by atoms with van der Waals surface area (Å²) in [5.41, 5.74) is 4.61. The topological polar surface area (TPSA) is 58.2 Å². The number of hydrogen-bond acceptors (Lipinski definition) is 2. The van der Waals surface area contributed by atoms with Crippen LogP contribution in [0, 0.1) is 6.92 Å². The van der Waals surface area contributed by atoms with Crippen molar-refractivity contribution >= 4 is 17.5 Å². The van der Waals surface area contributed by atoms with Crippen LogP contribution in [0.2, 0.25) is 0 Å². The van der Waals surface area contributed by atoms with E-state index in [-0.39, 0.29) is 18.2 Å². The summed E-state index contributed by atoms with van der Waals surface area (Å²) in [5, 5.41) is 5.78. The molecule has 0 fully saturated rings. The van der Waals surface area contributed by atoms with E-state index in [4.69, 9.17) is 0 Å². The Kier molecular flexibility index (Phi) is 6.58. The second-order valence-corrected chi connectivity index (χ2v) is 6.69. The number of nitrogens with one attached hydrogen (secondary N) is 2. The number of carbonyl (C=O) groups excluding carboxylic acids is 2. The fraction of sp³-hybridized carbons (Fsp3) is 0.167. The Hall–Kier alpha value is -3.40. The maximum absolute atomic E-state index is 12.3. The lowest BCUT2D eigenvalue weighted by atomic mass is 10.0. The molecule has 3 rings (SSSR count). The van der Waals surface area contributed by atoms with E-state index in [1.807, 2.05) is 67.6 Å². The number of carbonyl (C=O) groups is 2. The van der Waals surface area contributed by atoms with Crippen LogP contribution in [-0.2, 0) is 11.2 Å². The molecular formula is C24H24N2O2. The van der Waals surface area contributed by atoms with Crippen molar-refractivity contribution < 1.29 is 9.59 Å². The smallest absolute Gasteiger partial charge is 0.251 e. The van der Waals surface area contributed by atoms with E-state index in [0.29, 0.717) is 12.1 Å². The highest BCUT2D eigenvalue weighted by molar-refractivity contribution is 5.96. The van der Waals surface area contributed by atoms with Crippen molar-refractivity contribution in [1.29, 1.82) is 0 Å². The molecule has 4 heteroatoms. The van der Waals surface area contributed by atoms with Crippen LogP contribution in [-0.4, -0.2) is 18.4 Å². The van der Waals surface area contributed by atoms with Crippen LogP contribution in [0.1, 0.15) is 33.5 Å². The average molecular weight is 372 g/mol. The number of benzene rings is 3. The van der Waals surface area contributed by atoms with E-state index in [0.717, 1.165) is 23.2 Å². The lowest BCUT2D eigenvalue weighted by Crippen LogP contribution is -2.28. The average Bonchev–Trinajstić information content (AvgIpc) is 2.70. The molecule has 0 heterocycles. The first-order chi connectivity index (χ1) is 13.6. The van der Waals surface area contributed by atoms with Gasteiger partial charge in [0.15, 0.2) is 0 Å². The molecule has 0 radical (unpaired) electrons. The molecular weight excluding hydrogens is 348 g/mol. The van der Waals surface area contributed by atoms with E-state index >= 15 is 0 Å².